The molecule has 0 spiro atoms. The molecule has 1 aliphatic heterocycles. The van der Waals surface area contributed by atoms with Crippen molar-refractivity contribution in [1.82, 2.24) is 15.2 Å². The number of nitrogens with zero attached hydrogens (tertiary/aromatic N) is 2. The smallest absolute Gasteiger partial charge is 0.242 e. The third kappa shape index (κ3) is 3.33. The molecule has 0 bridgehead atoms. The maximum absolute atomic E-state index is 13.6. The minimum atomic E-state index is -0.382. The standard InChI is InChI=1S/C24H23N3O2/c28-24(23(17-6-5-11-25-16-17)27-12-14-29-15-13-27)26-22-20-9-3-1-7-18(20)19-8-2-4-10-21(19)22/h1-11,16,22-23H,12-15H2,(H,26,28). The van der Waals surface area contributed by atoms with E-state index in [1.807, 2.05) is 36.4 Å². The van der Waals surface area contributed by atoms with Crippen molar-refractivity contribution in [3.63, 3.8) is 0 Å². The van der Waals surface area contributed by atoms with E-state index in [4.69, 9.17) is 4.74 Å². The van der Waals surface area contributed by atoms with Crippen molar-refractivity contribution in [2.45, 2.75) is 12.1 Å². The number of hydrogen-bond acceptors (Lipinski definition) is 4. The highest BCUT2D eigenvalue weighted by Crippen LogP contribution is 2.43. The number of carbonyl (C=O) groups is 1. The van der Waals surface area contributed by atoms with E-state index in [-0.39, 0.29) is 18.0 Å². The molecule has 1 aromatic heterocycles. The van der Waals surface area contributed by atoms with Gasteiger partial charge in [0.25, 0.3) is 0 Å². The first-order valence-electron chi connectivity index (χ1n) is 10.0. The number of rotatable bonds is 4. The largest absolute Gasteiger partial charge is 0.379 e. The minimum Gasteiger partial charge on any atom is -0.379 e. The van der Waals surface area contributed by atoms with Crippen LogP contribution in [0.5, 0.6) is 0 Å². The van der Waals surface area contributed by atoms with Crippen LogP contribution >= 0.6 is 0 Å². The first-order chi connectivity index (χ1) is 14.3. The molecule has 3 aromatic rings. The van der Waals surface area contributed by atoms with Crippen molar-refractivity contribution in [2.75, 3.05) is 26.3 Å². The molecule has 5 nitrogen and oxygen atoms in total. The van der Waals surface area contributed by atoms with Gasteiger partial charge in [-0.15, -0.1) is 0 Å². The van der Waals surface area contributed by atoms with Gasteiger partial charge in [0, 0.05) is 25.5 Å². The normalized spacial score (nSPS) is 17.4. The Bertz CT molecular complexity index is 970. The zero-order valence-electron chi connectivity index (χ0n) is 16.1. The van der Waals surface area contributed by atoms with Crippen molar-refractivity contribution in [1.29, 1.82) is 0 Å². The van der Waals surface area contributed by atoms with Crippen molar-refractivity contribution >= 4 is 5.91 Å². The molecule has 2 aliphatic rings. The summed E-state index contributed by atoms with van der Waals surface area (Å²) in [7, 11) is 0. The molecule has 2 aromatic carbocycles. The molecular formula is C24H23N3O2. The van der Waals surface area contributed by atoms with Gasteiger partial charge in [-0.05, 0) is 33.9 Å². The summed E-state index contributed by atoms with van der Waals surface area (Å²) in [5.41, 5.74) is 5.59. The molecule has 1 N–H and O–H groups in total. The minimum absolute atomic E-state index is 0.00333. The second-order valence-electron chi connectivity index (χ2n) is 7.45. The molecule has 5 rings (SSSR count). The second kappa shape index (κ2) is 7.78. The predicted octanol–water partition coefficient (Wildman–Crippen LogP) is 3.34. The van der Waals surface area contributed by atoms with Crippen molar-refractivity contribution in [3.05, 3.63) is 89.7 Å². The van der Waals surface area contributed by atoms with Crippen LogP contribution in [0.25, 0.3) is 11.1 Å². The zero-order chi connectivity index (χ0) is 19.6. The SMILES string of the molecule is O=C(NC1c2ccccc2-c2ccccc21)C(c1cccnc1)N1CCOCC1. The van der Waals surface area contributed by atoms with E-state index in [0.717, 1.165) is 29.8 Å². The van der Waals surface area contributed by atoms with Crippen LogP contribution in [0.1, 0.15) is 28.8 Å². The van der Waals surface area contributed by atoms with E-state index in [2.05, 4.69) is 39.5 Å². The summed E-state index contributed by atoms with van der Waals surface area (Å²) in [4.78, 5) is 20.0. The zero-order valence-corrected chi connectivity index (χ0v) is 16.1. The molecule has 1 fully saturated rings. The maximum Gasteiger partial charge on any atom is 0.242 e. The van der Waals surface area contributed by atoms with Gasteiger partial charge in [0.15, 0.2) is 0 Å². The van der Waals surface area contributed by atoms with E-state index >= 15 is 0 Å². The Balaban J connectivity index is 1.49. The number of ether oxygens (including phenoxy) is 1. The highest BCUT2D eigenvalue weighted by atomic mass is 16.5. The first-order valence-corrected chi connectivity index (χ1v) is 10.0. The second-order valence-corrected chi connectivity index (χ2v) is 7.45. The average molecular weight is 385 g/mol. The van der Waals surface area contributed by atoms with Crippen LogP contribution in [0.4, 0.5) is 0 Å². The van der Waals surface area contributed by atoms with Gasteiger partial charge in [-0.1, -0.05) is 54.6 Å². The highest BCUT2D eigenvalue weighted by Gasteiger charge is 2.34. The van der Waals surface area contributed by atoms with Crippen molar-refractivity contribution in [3.8, 4) is 11.1 Å². The number of aromatic nitrogens is 1. The Morgan fingerprint density at radius 1 is 0.966 bits per heavy atom. The van der Waals surface area contributed by atoms with E-state index in [1.165, 1.54) is 11.1 Å². The molecule has 29 heavy (non-hydrogen) atoms. The van der Waals surface area contributed by atoms with Gasteiger partial charge in [-0.25, -0.2) is 0 Å². The fraction of sp³-hybridized carbons (Fsp3) is 0.250. The van der Waals surface area contributed by atoms with Gasteiger partial charge in [-0.2, -0.15) is 0 Å². The van der Waals surface area contributed by atoms with Gasteiger partial charge in [0.05, 0.1) is 19.3 Å². The quantitative estimate of drug-likeness (QED) is 0.748. The lowest BCUT2D eigenvalue weighted by Crippen LogP contribution is -2.46. The molecule has 2 heterocycles. The Labute approximate surface area is 170 Å². The van der Waals surface area contributed by atoms with Gasteiger partial charge >= 0.3 is 0 Å². The summed E-state index contributed by atoms with van der Waals surface area (Å²) in [5, 5.41) is 3.34. The fourth-order valence-electron chi connectivity index (χ4n) is 4.43. The summed E-state index contributed by atoms with van der Waals surface area (Å²) in [6, 6.07) is 20.0. The molecule has 1 saturated heterocycles. The maximum atomic E-state index is 13.6. The number of pyridine rings is 1. The number of amides is 1. The summed E-state index contributed by atoms with van der Waals surface area (Å²) < 4.78 is 5.50. The summed E-state index contributed by atoms with van der Waals surface area (Å²) in [6.45, 7) is 2.73. The molecular weight excluding hydrogens is 362 g/mol. The monoisotopic (exact) mass is 385 g/mol. The summed E-state index contributed by atoms with van der Waals surface area (Å²) >= 11 is 0. The lowest BCUT2D eigenvalue weighted by molar-refractivity contribution is -0.129. The third-order valence-electron chi connectivity index (χ3n) is 5.78. The molecule has 0 radical (unpaired) electrons. The van der Waals surface area contributed by atoms with Crippen molar-refractivity contribution < 1.29 is 9.53 Å². The highest BCUT2D eigenvalue weighted by molar-refractivity contribution is 5.87. The molecule has 5 heteroatoms. The average Bonchev–Trinajstić information content (AvgIpc) is 3.09. The Morgan fingerprint density at radius 3 is 2.24 bits per heavy atom. The fourth-order valence-corrected chi connectivity index (χ4v) is 4.43. The van der Waals surface area contributed by atoms with Crippen LogP contribution in [0.15, 0.2) is 73.1 Å². The molecule has 1 amide bonds. The number of carbonyl (C=O) groups excluding carboxylic acids is 1. The number of benzene rings is 2. The lowest BCUT2D eigenvalue weighted by atomic mass is 10.0. The van der Waals surface area contributed by atoms with Gasteiger partial charge in [-0.3, -0.25) is 14.7 Å². The van der Waals surface area contributed by atoms with Crippen LogP contribution in [0.2, 0.25) is 0 Å². The molecule has 1 atom stereocenters. The van der Waals surface area contributed by atoms with Gasteiger partial charge in [0.2, 0.25) is 5.91 Å². The van der Waals surface area contributed by atoms with E-state index < -0.39 is 0 Å². The molecule has 0 saturated carbocycles. The summed E-state index contributed by atoms with van der Waals surface area (Å²) in [5.74, 6) is -0.00333. The van der Waals surface area contributed by atoms with Crippen molar-refractivity contribution in [2.24, 2.45) is 0 Å². The van der Waals surface area contributed by atoms with Gasteiger partial charge in [0.1, 0.15) is 6.04 Å². The Hall–Kier alpha value is -3.02. The third-order valence-corrected chi connectivity index (χ3v) is 5.78. The molecule has 1 aliphatic carbocycles. The number of nitrogens with one attached hydrogen (secondary N) is 1. The van der Waals surface area contributed by atoms with Gasteiger partial charge < -0.3 is 10.1 Å². The lowest BCUT2D eigenvalue weighted by Gasteiger charge is -2.34. The molecule has 1 unspecified atom stereocenters. The topological polar surface area (TPSA) is 54.5 Å². The first kappa shape index (κ1) is 18.0. The van der Waals surface area contributed by atoms with Crippen LogP contribution < -0.4 is 5.32 Å². The number of hydrogen-bond donors (Lipinski definition) is 1. The predicted molar refractivity (Wildman–Crippen MR) is 111 cm³/mol. The van der Waals surface area contributed by atoms with E-state index in [9.17, 15) is 4.79 Å². The Kier molecular flexibility index (Phi) is 4.84. The summed E-state index contributed by atoms with van der Waals surface area (Å²) in [6.07, 6.45) is 3.53. The number of morpholine rings is 1. The Morgan fingerprint density at radius 2 is 1.62 bits per heavy atom. The van der Waals surface area contributed by atoms with Crippen LogP contribution in [0, 0.1) is 0 Å². The van der Waals surface area contributed by atoms with Crippen LogP contribution in [-0.2, 0) is 9.53 Å². The number of fused-ring (bicyclic) bond motifs is 3. The molecule has 146 valence electrons. The van der Waals surface area contributed by atoms with E-state index in [0.29, 0.717) is 13.2 Å². The van der Waals surface area contributed by atoms with Crippen LogP contribution in [0.3, 0.4) is 0 Å². The van der Waals surface area contributed by atoms with E-state index in [1.54, 1.807) is 12.4 Å². The van der Waals surface area contributed by atoms with Crippen LogP contribution in [-0.4, -0.2) is 42.1 Å².